The van der Waals surface area contributed by atoms with Crippen LogP contribution in [0.25, 0.3) is 11.2 Å². The van der Waals surface area contributed by atoms with E-state index in [2.05, 4.69) is 23.2 Å². The molecule has 3 N–H and O–H groups in total. The first-order valence-corrected chi connectivity index (χ1v) is 11.0. The Morgan fingerprint density at radius 2 is 1.72 bits per heavy atom. The lowest BCUT2D eigenvalue weighted by Gasteiger charge is -2.31. The number of fused-ring (bicyclic) bond motifs is 1. The van der Waals surface area contributed by atoms with Gasteiger partial charge in [-0.05, 0) is 30.9 Å². The fraction of sp³-hybridized carbons (Fsp3) is 0.478. The van der Waals surface area contributed by atoms with Crippen molar-refractivity contribution in [2.75, 3.05) is 51.2 Å². The molecule has 1 fully saturated rings. The summed E-state index contributed by atoms with van der Waals surface area (Å²) in [5.74, 6) is 4.09. The standard InChI is InChI=1S/C23H32N6O3/c1-15-7-10-28(11-8-15)20-6-5-17-22(27-20)29(12-9-24)23(26-17)25-16-13-18(30-2)21(32-4)19(14-16)31-3/h5-6,13-15H,7-12,24H2,1-4H3,(H,25,26). The van der Waals surface area contributed by atoms with Crippen LogP contribution in [0.5, 0.6) is 17.2 Å². The molecule has 0 bridgehead atoms. The predicted molar refractivity (Wildman–Crippen MR) is 127 cm³/mol. The number of ether oxygens (including phenoxy) is 3. The van der Waals surface area contributed by atoms with Crippen molar-refractivity contribution >= 4 is 28.6 Å². The van der Waals surface area contributed by atoms with Gasteiger partial charge in [-0.1, -0.05) is 6.92 Å². The number of nitrogens with two attached hydrogens (primary N) is 1. The summed E-state index contributed by atoms with van der Waals surface area (Å²) in [4.78, 5) is 12.1. The summed E-state index contributed by atoms with van der Waals surface area (Å²) in [6.45, 7) is 5.44. The Kier molecular flexibility index (Phi) is 6.55. The third-order valence-electron chi connectivity index (χ3n) is 5.96. The molecule has 172 valence electrons. The van der Waals surface area contributed by atoms with E-state index in [0.29, 0.717) is 36.3 Å². The van der Waals surface area contributed by atoms with E-state index in [1.807, 2.05) is 22.8 Å². The quantitative estimate of drug-likeness (QED) is 0.550. The maximum absolute atomic E-state index is 5.93. The van der Waals surface area contributed by atoms with Crippen molar-refractivity contribution in [1.82, 2.24) is 14.5 Å². The molecule has 0 atom stereocenters. The first-order chi connectivity index (χ1) is 15.6. The number of benzene rings is 1. The van der Waals surface area contributed by atoms with Crippen LogP contribution in [0, 0.1) is 5.92 Å². The van der Waals surface area contributed by atoms with E-state index < -0.39 is 0 Å². The minimum Gasteiger partial charge on any atom is -0.493 e. The summed E-state index contributed by atoms with van der Waals surface area (Å²) in [5.41, 5.74) is 8.33. The number of hydrogen-bond acceptors (Lipinski definition) is 8. The van der Waals surface area contributed by atoms with Crippen LogP contribution in [-0.2, 0) is 6.54 Å². The first kappa shape index (κ1) is 22.0. The SMILES string of the molecule is COc1cc(Nc2nc3ccc(N4CCC(C)CC4)nc3n2CCN)cc(OC)c1OC. The highest BCUT2D eigenvalue weighted by Gasteiger charge is 2.20. The summed E-state index contributed by atoms with van der Waals surface area (Å²) in [6.07, 6.45) is 2.38. The lowest BCUT2D eigenvalue weighted by molar-refractivity contribution is 0.324. The Morgan fingerprint density at radius 3 is 2.31 bits per heavy atom. The van der Waals surface area contributed by atoms with E-state index in [4.69, 9.17) is 29.9 Å². The van der Waals surface area contributed by atoms with Gasteiger partial charge in [0.25, 0.3) is 0 Å². The molecule has 2 aromatic heterocycles. The minimum atomic E-state index is 0.475. The van der Waals surface area contributed by atoms with Gasteiger partial charge in [-0.15, -0.1) is 0 Å². The highest BCUT2D eigenvalue weighted by Crippen LogP contribution is 2.40. The molecule has 1 aliphatic heterocycles. The Balaban J connectivity index is 1.70. The second kappa shape index (κ2) is 9.52. The summed E-state index contributed by atoms with van der Waals surface area (Å²) in [5, 5.41) is 3.38. The van der Waals surface area contributed by atoms with Crippen LogP contribution >= 0.6 is 0 Å². The molecule has 4 rings (SSSR count). The Bertz CT molecular complexity index is 1050. The molecule has 0 amide bonds. The monoisotopic (exact) mass is 440 g/mol. The smallest absolute Gasteiger partial charge is 0.209 e. The molecule has 3 heterocycles. The largest absolute Gasteiger partial charge is 0.493 e. The maximum Gasteiger partial charge on any atom is 0.209 e. The van der Waals surface area contributed by atoms with Gasteiger partial charge in [0, 0.05) is 44.0 Å². The lowest BCUT2D eigenvalue weighted by Crippen LogP contribution is -2.33. The number of hydrogen-bond donors (Lipinski definition) is 2. The van der Waals surface area contributed by atoms with E-state index in [1.54, 1.807) is 21.3 Å². The third kappa shape index (κ3) is 4.25. The average Bonchev–Trinajstić information content (AvgIpc) is 3.15. The van der Waals surface area contributed by atoms with Crippen molar-refractivity contribution in [2.24, 2.45) is 11.7 Å². The van der Waals surface area contributed by atoms with Crippen molar-refractivity contribution in [3.63, 3.8) is 0 Å². The molecule has 9 nitrogen and oxygen atoms in total. The fourth-order valence-electron chi connectivity index (χ4n) is 4.12. The van der Waals surface area contributed by atoms with Gasteiger partial charge in [0.05, 0.1) is 21.3 Å². The molecule has 1 saturated heterocycles. The number of rotatable bonds is 8. The lowest BCUT2D eigenvalue weighted by atomic mass is 9.99. The van der Waals surface area contributed by atoms with Crippen LogP contribution in [0.4, 0.5) is 17.5 Å². The van der Waals surface area contributed by atoms with Gasteiger partial charge in [-0.2, -0.15) is 0 Å². The molecule has 1 aliphatic rings. The van der Waals surface area contributed by atoms with Crippen molar-refractivity contribution in [2.45, 2.75) is 26.3 Å². The number of aromatic nitrogens is 3. The molecule has 9 heteroatoms. The zero-order valence-corrected chi connectivity index (χ0v) is 19.2. The van der Waals surface area contributed by atoms with Crippen LogP contribution in [0.1, 0.15) is 19.8 Å². The van der Waals surface area contributed by atoms with Crippen LogP contribution < -0.4 is 30.2 Å². The summed E-state index contributed by atoms with van der Waals surface area (Å²) in [7, 11) is 4.77. The Morgan fingerprint density at radius 1 is 1.03 bits per heavy atom. The fourth-order valence-corrected chi connectivity index (χ4v) is 4.12. The zero-order valence-electron chi connectivity index (χ0n) is 19.2. The summed E-state index contributed by atoms with van der Waals surface area (Å²) in [6, 6.07) is 7.78. The van der Waals surface area contributed by atoms with E-state index in [0.717, 1.165) is 41.7 Å². The Hall–Kier alpha value is -3.20. The first-order valence-electron chi connectivity index (χ1n) is 11.0. The van der Waals surface area contributed by atoms with Crippen LogP contribution in [0.15, 0.2) is 24.3 Å². The number of nitrogens with one attached hydrogen (secondary N) is 1. The molecule has 1 aromatic carbocycles. The molecule has 32 heavy (non-hydrogen) atoms. The third-order valence-corrected chi connectivity index (χ3v) is 5.96. The van der Waals surface area contributed by atoms with Gasteiger partial charge in [0.2, 0.25) is 11.7 Å². The predicted octanol–water partition coefficient (Wildman–Crippen LogP) is 3.40. The maximum atomic E-state index is 5.93. The van der Waals surface area contributed by atoms with Gasteiger partial charge >= 0.3 is 0 Å². The van der Waals surface area contributed by atoms with Crippen molar-refractivity contribution in [3.05, 3.63) is 24.3 Å². The molecule has 0 radical (unpaired) electrons. The molecular formula is C23H32N6O3. The van der Waals surface area contributed by atoms with Crippen molar-refractivity contribution in [1.29, 1.82) is 0 Å². The second-order valence-electron chi connectivity index (χ2n) is 8.10. The molecule has 0 spiro atoms. The number of nitrogens with zero attached hydrogens (tertiary/aromatic N) is 4. The topological polar surface area (TPSA) is 99.7 Å². The van der Waals surface area contributed by atoms with Crippen molar-refractivity contribution in [3.8, 4) is 17.2 Å². The number of methoxy groups -OCH3 is 3. The highest BCUT2D eigenvalue weighted by atomic mass is 16.5. The van der Waals surface area contributed by atoms with Gasteiger partial charge in [0.1, 0.15) is 11.3 Å². The number of imidazole rings is 1. The van der Waals surface area contributed by atoms with Crippen LogP contribution in [-0.4, -0.2) is 55.5 Å². The van der Waals surface area contributed by atoms with E-state index in [1.165, 1.54) is 12.8 Å². The minimum absolute atomic E-state index is 0.475. The Labute approximate surface area is 188 Å². The summed E-state index contributed by atoms with van der Waals surface area (Å²) < 4.78 is 18.4. The number of anilines is 3. The molecule has 0 unspecified atom stereocenters. The van der Waals surface area contributed by atoms with Crippen LogP contribution in [0.2, 0.25) is 0 Å². The molecular weight excluding hydrogens is 408 g/mol. The number of pyridine rings is 1. The summed E-state index contributed by atoms with van der Waals surface area (Å²) >= 11 is 0. The van der Waals surface area contributed by atoms with E-state index in [9.17, 15) is 0 Å². The molecule has 0 saturated carbocycles. The van der Waals surface area contributed by atoms with Gasteiger partial charge in [-0.25, -0.2) is 9.97 Å². The van der Waals surface area contributed by atoms with E-state index >= 15 is 0 Å². The average molecular weight is 441 g/mol. The highest BCUT2D eigenvalue weighted by molar-refractivity contribution is 5.78. The van der Waals surface area contributed by atoms with Crippen LogP contribution in [0.3, 0.4) is 0 Å². The van der Waals surface area contributed by atoms with E-state index in [-0.39, 0.29) is 0 Å². The zero-order chi connectivity index (χ0) is 22.7. The number of piperidine rings is 1. The van der Waals surface area contributed by atoms with Crippen molar-refractivity contribution < 1.29 is 14.2 Å². The molecule has 3 aromatic rings. The second-order valence-corrected chi connectivity index (χ2v) is 8.10. The normalized spacial score (nSPS) is 14.6. The molecule has 0 aliphatic carbocycles. The van der Waals surface area contributed by atoms with Gasteiger partial charge in [-0.3, -0.25) is 4.57 Å². The van der Waals surface area contributed by atoms with Gasteiger partial charge < -0.3 is 30.2 Å². The van der Waals surface area contributed by atoms with Gasteiger partial charge in [0.15, 0.2) is 17.1 Å².